The zero-order chi connectivity index (χ0) is 73.7. The first-order valence-corrected chi connectivity index (χ1v) is 31.2. The molecule has 0 saturated carbocycles. The van der Waals surface area contributed by atoms with Crippen LogP contribution in [0.5, 0.6) is 23.0 Å². The molecule has 0 aliphatic carbocycles. The number of carbonyl (C=O) groups excluding carboxylic acids is 8. The molecule has 8 amide bonds. The first kappa shape index (κ1) is 67.7. The molecule has 4 aliphatic rings. The zero-order valence-electron chi connectivity index (χ0n) is 53.2. The molecule has 0 fully saturated rings. The second kappa shape index (κ2) is 27.1. The van der Waals surface area contributed by atoms with Gasteiger partial charge >= 0.3 is 0 Å². The van der Waals surface area contributed by atoms with Gasteiger partial charge in [-0.3, -0.25) is 98.4 Å². The number of amides is 8. The Morgan fingerprint density at radius 2 is 0.433 bits per heavy atom. The normalized spacial score (nSPS) is 16.7. The average Bonchev–Trinajstić information content (AvgIpc) is 1.59. The monoisotopic (exact) mass is 1410 g/mol. The maximum absolute atomic E-state index is 14.4. The van der Waals surface area contributed by atoms with Gasteiger partial charge in [-0.05, 0) is 119 Å². The summed E-state index contributed by atoms with van der Waals surface area (Å²) in [6.07, 6.45) is -1.65. The number of rotatable bonds is 8. The van der Waals surface area contributed by atoms with Crippen LogP contribution < -0.4 is 87.4 Å². The van der Waals surface area contributed by atoms with Crippen molar-refractivity contribution >= 4 is 90.3 Å². The van der Waals surface area contributed by atoms with E-state index in [-0.39, 0.29) is 41.7 Å². The number of phenolic OH excluding ortho intramolecular Hbond substituents is 4. The van der Waals surface area contributed by atoms with E-state index >= 15 is 0 Å². The molecule has 6 aromatic carbocycles. The molecule has 34 heteroatoms. The summed E-state index contributed by atoms with van der Waals surface area (Å²) in [4.78, 5) is 236. The Hall–Kier alpha value is -14.9. The van der Waals surface area contributed by atoms with Crippen LogP contribution >= 0.6 is 0 Å². The first-order valence-electron chi connectivity index (χ1n) is 31.2. The molecule has 12 N–H and O–H groups in total. The van der Waals surface area contributed by atoms with E-state index in [9.17, 15) is 97.1 Å². The number of phenols is 4. The van der Waals surface area contributed by atoms with Gasteiger partial charge in [-0.1, -0.05) is 60.7 Å². The smallest absolute Gasteiger partial charge is 0.280 e. The highest BCUT2D eigenvalue weighted by atomic mass is 16.3. The molecule has 520 valence electrons. The van der Waals surface area contributed by atoms with Crippen LogP contribution in [0.1, 0.15) is 64.2 Å². The highest BCUT2D eigenvalue weighted by molar-refractivity contribution is 6.05. The third-order valence-electron chi connectivity index (χ3n) is 17.1. The van der Waals surface area contributed by atoms with Crippen molar-refractivity contribution in [1.29, 1.82) is 0 Å². The first-order chi connectivity index (χ1) is 49.7. The zero-order valence-corrected chi connectivity index (χ0v) is 53.2. The Labute approximate surface area is 577 Å². The van der Waals surface area contributed by atoms with Crippen LogP contribution in [0, 0.1) is 0 Å². The Balaban J connectivity index is 0.888. The fourth-order valence-corrected chi connectivity index (χ4v) is 11.7. The fraction of sp³-hybridized carbons (Fsp3) is 0.114. The number of carbonyl (C=O) groups is 8. The lowest BCUT2D eigenvalue weighted by Crippen LogP contribution is -2.51. The molecule has 6 aromatic heterocycles. The minimum atomic E-state index is -1.73. The number of hydrogen-bond donors (Lipinski definition) is 12. The summed E-state index contributed by atoms with van der Waals surface area (Å²) in [5.74, 6) is -10.2. The van der Waals surface area contributed by atoms with Crippen molar-refractivity contribution in [1.82, 2.24) is 49.9 Å². The SMILES string of the molecule is O=C1N[C@@H](Cc2ccc(O)cc2)C(=O)Nn2c(=O)c3cc4c(=O)n(c(=O)c4cc3c2=O)NC(=O)[C@@H](Cc2ccc(O)cc2)NC(=O)c2cccc(n2)C(=O)N[C@H](Cc2ccc(O)cc2)C(=O)Nn2c(=O)c3cc4c(=O)n(c(=O)c4cc3c2=O)NC(=O)[C@H](Cc2ccc(O)cc2)NC(=O)c2cccc1n2. The quantitative estimate of drug-likeness (QED) is 0.0824. The van der Waals surface area contributed by atoms with Crippen molar-refractivity contribution in [3.63, 3.8) is 0 Å². The summed E-state index contributed by atoms with van der Waals surface area (Å²) in [5.41, 5.74) is -2.24. The molecule has 10 heterocycles. The second-order valence-corrected chi connectivity index (χ2v) is 24.0. The van der Waals surface area contributed by atoms with Crippen LogP contribution in [0.4, 0.5) is 0 Å². The standard InChI is InChI=1S/C70H50N14O20/c85-35-15-7-31(8-16-35)23-51-59(93)77-81-63(97)39-27-43-44(28-40(39)64(81)98)68(102)83(67(43)101)79-61(95)53(25-33-11-19-37(87)20-12-33)75-57(91)49-5-2-6-50(72-49)58(92)76-54(26-34-13-21-38(88)22-14-34)62(96)80-84-69(103)45-29-41-42(30-46(45)70(84)104)66(100)82(65(41)99)78-60(94)52(24-32-9-17-36(86)18-10-32)74-56(90)48-4-1-3-47(71-48)55(89)73-51/h1-22,27-30,51-54,85-88H,23-26H2,(H,73,89)(H,74,90)(H,75,91)(H,76,92)(H,77,93)(H,78,94)(H,79,95)(H,80,96)/t51-,52-,53+,54+. The van der Waals surface area contributed by atoms with Crippen LogP contribution in [0.15, 0.2) is 196 Å². The van der Waals surface area contributed by atoms with Crippen molar-refractivity contribution in [3.8, 4) is 23.0 Å². The highest BCUT2D eigenvalue weighted by Gasteiger charge is 2.33. The van der Waals surface area contributed by atoms with E-state index in [0.717, 1.165) is 48.5 Å². The van der Waals surface area contributed by atoms with E-state index in [0.29, 0.717) is 22.3 Å². The summed E-state index contributed by atoms with van der Waals surface area (Å²) in [6.45, 7) is 0. The number of aromatic hydroxyl groups is 4. The van der Waals surface area contributed by atoms with Gasteiger partial charge in [0, 0.05) is 25.7 Å². The molecule has 4 aliphatic heterocycles. The van der Waals surface area contributed by atoms with Gasteiger partial charge in [0.2, 0.25) is 0 Å². The molecule has 104 heavy (non-hydrogen) atoms. The van der Waals surface area contributed by atoms with Crippen LogP contribution in [0.3, 0.4) is 0 Å². The maximum atomic E-state index is 14.4. The second-order valence-electron chi connectivity index (χ2n) is 24.0. The van der Waals surface area contributed by atoms with E-state index in [1.54, 1.807) is 0 Å². The van der Waals surface area contributed by atoms with Gasteiger partial charge in [0.05, 0.1) is 43.1 Å². The molecule has 16 rings (SSSR count). The predicted octanol–water partition coefficient (Wildman–Crippen LogP) is -1.49. The Kier molecular flexibility index (Phi) is 17.6. The van der Waals surface area contributed by atoms with E-state index in [1.165, 1.54) is 109 Å². The van der Waals surface area contributed by atoms with Crippen molar-refractivity contribution in [3.05, 3.63) is 286 Å². The number of nitrogens with one attached hydrogen (secondary N) is 8. The largest absolute Gasteiger partial charge is 0.508 e. The molecule has 0 spiro atoms. The predicted molar refractivity (Wildman–Crippen MR) is 368 cm³/mol. The molecule has 0 unspecified atom stereocenters. The number of benzene rings is 6. The number of nitrogens with zero attached hydrogens (tertiary/aromatic N) is 6. The van der Waals surface area contributed by atoms with Gasteiger partial charge in [0.15, 0.2) is 0 Å². The van der Waals surface area contributed by atoms with Crippen LogP contribution in [-0.2, 0) is 44.9 Å². The summed E-state index contributed by atoms with van der Waals surface area (Å²) in [6, 6.07) is 24.5. The molecule has 0 radical (unpaired) electrons. The lowest BCUT2D eigenvalue weighted by Gasteiger charge is -2.19. The minimum absolute atomic E-state index is 0.187. The third-order valence-corrected chi connectivity index (χ3v) is 17.1. The fourth-order valence-electron chi connectivity index (χ4n) is 11.7. The van der Waals surface area contributed by atoms with Crippen molar-refractivity contribution < 1.29 is 58.8 Å². The van der Waals surface area contributed by atoms with E-state index in [4.69, 9.17) is 0 Å². The van der Waals surface area contributed by atoms with Crippen LogP contribution in [0.25, 0.3) is 43.1 Å². The van der Waals surface area contributed by atoms with Crippen LogP contribution in [-0.4, -0.2) is 121 Å². The topological polar surface area (TPSA) is 496 Å². The molecule has 34 nitrogen and oxygen atoms in total. The van der Waals surface area contributed by atoms with Gasteiger partial charge in [0.1, 0.15) is 69.9 Å². The Morgan fingerprint density at radius 3 is 0.606 bits per heavy atom. The van der Waals surface area contributed by atoms with Gasteiger partial charge in [-0.25, -0.2) is 9.97 Å². The lowest BCUT2D eigenvalue weighted by molar-refractivity contribution is -0.119. The molecule has 12 aromatic rings. The molecular formula is C70H50N14O20. The van der Waals surface area contributed by atoms with Crippen molar-refractivity contribution in [2.75, 3.05) is 21.7 Å². The minimum Gasteiger partial charge on any atom is -0.508 e. The van der Waals surface area contributed by atoms with Crippen molar-refractivity contribution in [2.45, 2.75) is 49.9 Å². The van der Waals surface area contributed by atoms with Crippen LogP contribution in [0.2, 0.25) is 0 Å². The third kappa shape index (κ3) is 13.2. The van der Waals surface area contributed by atoms with Gasteiger partial charge in [-0.2, -0.15) is 18.7 Å². The summed E-state index contributed by atoms with van der Waals surface area (Å²) >= 11 is 0. The summed E-state index contributed by atoms with van der Waals surface area (Å²) in [5, 5.41) is 45.8. The molecular weight excluding hydrogens is 1360 g/mol. The summed E-state index contributed by atoms with van der Waals surface area (Å²) in [7, 11) is 0. The number of pyridine rings is 2. The highest BCUT2D eigenvalue weighted by Crippen LogP contribution is 2.20. The van der Waals surface area contributed by atoms with Gasteiger partial charge < -0.3 is 41.7 Å². The Morgan fingerprint density at radius 1 is 0.260 bits per heavy atom. The number of hydrogen-bond acceptors (Lipinski definition) is 22. The van der Waals surface area contributed by atoms with E-state index in [2.05, 4.69) is 52.9 Å². The molecule has 16 bridgehead atoms. The molecule has 0 saturated heterocycles. The Bertz CT molecular complexity index is 5210. The molecule has 4 atom stereocenters. The maximum Gasteiger partial charge on any atom is 0.280 e. The van der Waals surface area contributed by atoms with Gasteiger partial charge in [0.25, 0.3) is 91.7 Å². The average molecular weight is 1410 g/mol. The van der Waals surface area contributed by atoms with Crippen molar-refractivity contribution in [2.24, 2.45) is 0 Å². The summed E-state index contributed by atoms with van der Waals surface area (Å²) < 4.78 is 0.994. The van der Waals surface area contributed by atoms with E-state index < -0.39 is 207 Å². The van der Waals surface area contributed by atoms with Gasteiger partial charge in [-0.15, -0.1) is 0 Å². The van der Waals surface area contributed by atoms with E-state index in [1.807, 2.05) is 0 Å². The lowest BCUT2D eigenvalue weighted by atomic mass is 10.0. The number of aromatic nitrogens is 6.